The van der Waals surface area contributed by atoms with E-state index in [-0.39, 0.29) is 5.91 Å². The second-order valence-corrected chi connectivity index (χ2v) is 6.97. The summed E-state index contributed by atoms with van der Waals surface area (Å²) in [5.41, 5.74) is 8.83. The summed E-state index contributed by atoms with van der Waals surface area (Å²) in [6.07, 6.45) is 1.95. The van der Waals surface area contributed by atoms with Gasteiger partial charge in [-0.05, 0) is 54.8 Å². The van der Waals surface area contributed by atoms with Crippen molar-refractivity contribution in [3.05, 3.63) is 69.7 Å². The number of rotatable bonds is 5. The van der Waals surface area contributed by atoms with Gasteiger partial charge in [-0.2, -0.15) is 0 Å². The molecule has 0 aromatic heterocycles. The summed E-state index contributed by atoms with van der Waals surface area (Å²) in [5, 5.41) is 0. The van der Waals surface area contributed by atoms with E-state index in [2.05, 4.69) is 28.1 Å². The van der Waals surface area contributed by atoms with Gasteiger partial charge in [0.05, 0.1) is 0 Å². The molecule has 3 rings (SSSR count). The van der Waals surface area contributed by atoms with Gasteiger partial charge in [-0.25, -0.2) is 0 Å². The molecule has 120 valence electrons. The summed E-state index contributed by atoms with van der Waals surface area (Å²) >= 11 is 3.50. The molecule has 0 atom stereocenters. The Labute approximate surface area is 145 Å². The van der Waals surface area contributed by atoms with Gasteiger partial charge < -0.3 is 10.6 Å². The van der Waals surface area contributed by atoms with Gasteiger partial charge in [-0.15, -0.1) is 0 Å². The topological polar surface area (TPSA) is 46.3 Å². The fourth-order valence-corrected chi connectivity index (χ4v) is 3.34. The van der Waals surface area contributed by atoms with Crippen LogP contribution in [0.2, 0.25) is 0 Å². The Morgan fingerprint density at radius 3 is 2.57 bits per heavy atom. The molecule has 1 aliphatic heterocycles. The highest BCUT2D eigenvalue weighted by Crippen LogP contribution is 2.29. The second kappa shape index (κ2) is 7.28. The number of amides is 1. The molecule has 0 unspecified atom stereocenters. The molecule has 3 nitrogen and oxygen atoms in total. The summed E-state index contributed by atoms with van der Waals surface area (Å²) in [5.74, 6) is 0.571. The molecule has 1 aliphatic rings. The van der Waals surface area contributed by atoms with E-state index in [0.717, 1.165) is 36.0 Å². The molecule has 4 heteroatoms. The molecule has 2 aromatic carbocycles. The Morgan fingerprint density at radius 2 is 1.91 bits per heavy atom. The van der Waals surface area contributed by atoms with Crippen LogP contribution in [-0.4, -0.2) is 30.4 Å². The molecule has 0 bridgehead atoms. The zero-order valence-corrected chi connectivity index (χ0v) is 14.6. The average Bonchev–Trinajstić information content (AvgIpc) is 2.52. The molecular weight excluding hydrogens is 352 g/mol. The van der Waals surface area contributed by atoms with Crippen LogP contribution in [0, 0.1) is 0 Å². The molecule has 0 radical (unpaired) electrons. The molecule has 1 amide bonds. The van der Waals surface area contributed by atoms with Crippen LogP contribution in [-0.2, 0) is 6.42 Å². The quantitative estimate of drug-likeness (QED) is 0.871. The third-order valence-electron chi connectivity index (χ3n) is 4.36. The summed E-state index contributed by atoms with van der Waals surface area (Å²) in [6, 6.07) is 16.3. The monoisotopic (exact) mass is 372 g/mol. The predicted molar refractivity (Wildman–Crippen MR) is 96.6 cm³/mol. The molecule has 1 heterocycles. The number of carbonyl (C=O) groups is 1. The van der Waals surface area contributed by atoms with E-state index >= 15 is 0 Å². The Balaban J connectivity index is 1.58. The second-order valence-electron chi connectivity index (χ2n) is 6.05. The van der Waals surface area contributed by atoms with Gasteiger partial charge in [-0.3, -0.25) is 4.79 Å². The summed E-state index contributed by atoms with van der Waals surface area (Å²) < 4.78 is 1.09. The van der Waals surface area contributed by atoms with Crippen molar-refractivity contribution in [2.45, 2.75) is 18.8 Å². The van der Waals surface area contributed by atoms with Crippen molar-refractivity contribution in [2.24, 2.45) is 5.73 Å². The fraction of sp³-hybridized carbons (Fsp3) is 0.316. The minimum atomic E-state index is 0.127. The van der Waals surface area contributed by atoms with Gasteiger partial charge >= 0.3 is 0 Å². The van der Waals surface area contributed by atoms with Gasteiger partial charge in [0.1, 0.15) is 0 Å². The van der Waals surface area contributed by atoms with Crippen LogP contribution in [0.15, 0.2) is 53.0 Å². The van der Waals surface area contributed by atoms with Crippen LogP contribution < -0.4 is 5.73 Å². The van der Waals surface area contributed by atoms with Crippen LogP contribution >= 0.6 is 15.9 Å². The van der Waals surface area contributed by atoms with Crippen molar-refractivity contribution >= 4 is 21.8 Å². The van der Waals surface area contributed by atoms with Crippen LogP contribution in [0.4, 0.5) is 0 Å². The number of nitrogens with two attached hydrogens (primary N) is 1. The number of likely N-dealkylation sites (tertiary alicyclic amines) is 1. The maximum Gasteiger partial charge on any atom is 0.253 e. The molecule has 2 N–H and O–H groups in total. The highest BCUT2D eigenvalue weighted by atomic mass is 79.9. The number of nitrogens with zero attached hydrogens (tertiary/aromatic N) is 1. The first kappa shape index (κ1) is 16.2. The highest BCUT2D eigenvalue weighted by molar-refractivity contribution is 9.10. The van der Waals surface area contributed by atoms with E-state index in [1.807, 2.05) is 41.3 Å². The number of hydrogen-bond donors (Lipinski definition) is 1. The first-order valence-corrected chi connectivity index (χ1v) is 8.80. The third-order valence-corrected chi connectivity index (χ3v) is 4.85. The summed E-state index contributed by atoms with van der Waals surface area (Å²) in [6.45, 7) is 2.29. The molecule has 0 saturated carbocycles. The standard InChI is InChI=1S/C19H21BrN2O/c20-18-5-1-4-16(11-18)17-12-22(13-17)19(23)15-8-6-14(7-9-15)3-2-10-21/h1,4-9,11,17H,2-3,10,12-13,21H2. The smallest absolute Gasteiger partial charge is 0.253 e. The van der Waals surface area contributed by atoms with Crippen molar-refractivity contribution < 1.29 is 4.79 Å². The summed E-state index contributed by atoms with van der Waals surface area (Å²) in [7, 11) is 0. The van der Waals surface area contributed by atoms with Crippen LogP contribution in [0.1, 0.15) is 33.8 Å². The normalized spacial score (nSPS) is 14.6. The van der Waals surface area contributed by atoms with E-state index in [4.69, 9.17) is 5.73 Å². The minimum absolute atomic E-state index is 0.127. The zero-order valence-electron chi connectivity index (χ0n) is 13.0. The molecule has 23 heavy (non-hydrogen) atoms. The van der Waals surface area contributed by atoms with Crippen LogP contribution in [0.5, 0.6) is 0 Å². The van der Waals surface area contributed by atoms with Crippen molar-refractivity contribution in [3.63, 3.8) is 0 Å². The van der Waals surface area contributed by atoms with E-state index in [0.29, 0.717) is 12.5 Å². The summed E-state index contributed by atoms with van der Waals surface area (Å²) in [4.78, 5) is 14.4. The number of benzene rings is 2. The number of aryl methyl sites for hydroxylation is 1. The number of halogens is 1. The Hall–Kier alpha value is -1.65. The van der Waals surface area contributed by atoms with Crippen molar-refractivity contribution in [3.8, 4) is 0 Å². The van der Waals surface area contributed by atoms with Crippen LogP contribution in [0.3, 0.4) is 0 Å². The molecule has 0 spiro atoms. The molecular formula is C19H21BrN2O. The zero-order chi connectivity index (χ0) is 16.2. The Kier molecular flexibility index (Phi) is 5.13. The Morgan fingerprint density at radius 1 is 1.17 bits per heavy atom. The van der Waals surface area contributed by atoms with E-state index in [1.165, 1.54) is 11.1 Å². The van der Waals surface area contributed by atoms with Crippen molar-refractivity contribution in [1.82, 2.24) is 4.90 Å². The average molecular weight is 373 g/mol. The lowest BCUT2D eigenvalue weighted by Crippen LogP contribution is -2.48. The Bertz CT molecular complexity index is 678. The molecule has 1 saturated heterocycles. The van der Waals surface area contributed by atoms with Gasteiger partial charge in [0, 0.05) is 29.0 Å². The van der Waals surface area contributed by atoms with E-state index < -0.39 is 0 Å². The van der Waals surface area contributed by atoms with Gasteiger partial charge in [0.15, 0.2) is 0 Å². The van der Waals surface area contributed by atoms with Crippen molar-refractivity contribution in [2.75, 3.05) is 19.6 Å². The van der Waals surface area contributed by atoms with Gasteiger partial charge in [-0.1, -0.05) is 40.2 Å². The van der Waals surface area contributed by atoms with E-state index in [9.17, 15) is 4.79 Å². The maximum absolute atomic E-state index is 12.5. The first-order chi connectivity index (χ1) is 11.2. The lowest BCUT2D eigenvalue weighted by Gasteiger charge is -2.39. The lowest BCUT2D eigenvalue weighted by molar-refractivity contribution is 0.0602. The fourth-order valence-electron chi connectivity index (χ4n) is 2.92. The molecule has 1 fully saturated rings. The first-order valence-electron chi connectivity index (χ1n) is 8.01. The largest absolute Gasteiger partial charge is 0.337 e. The highest BCUT2D eigenvalue weighted by Gasteiger charge is 2.32. The SMILES string of the molecule is NCCCc1ccc(C(=O)N2CC(c3cccc(Br)c3)C2)cc1. The number of hydrogen-bond acceptors (Lipinski definition) is 2. The van der Waals surface area contributed by atoms with E-state index in [1.54, 1.807) is 0 Å². The van der Waals surface area contributed by atoms with Crippen LogP contribution in [0.25, 0.3) is 0 Å². The van der Waals surface area contributed by atoms with Crippen molar-refractivity contribution in [1.29, 1.82) is 0 Å². The third kappa shape index (κ3) is 3.82. The molecule has 0 aliphatic carbocycles. The predicted octanol–water partition coefficient (Wildman–Crippen LogP) is 3.58. The molecule has 2 aromatic rings. The maximum atomic E-state index is 12.5. The lowest BCUT2D eigenvalue weighted by atomic mass is 9.91. The number of carbonyl (C=O) groups excluding carboxylic acids is 1. The van der Waals surface area contributed by atoms with Gasteiger partial charge in [0.2, 0.25) is 0 Å². The van der Waals surface area contributed by atoms with Gasteiger partial charge in [0.25, 0.3) is 5.91 Å². The minimum Gasteiger partial charge on any atom is -0.337 e.